The smallest absolute Gasteiger partial charge is 0.150 e. The quantitative estimate of drug-likeness (QED) is 0.684. The lowest BCUT2D eigenvalue weighted by Gasteiger charge is -1.88. The van der Waals surface area contributed by atoms with E-state index in [0.717, 1.165) is 17.2 Å². The van der Waals surface area contributed by atoms with Gasteiger partial charge in [0.05, 0.1) is 11.7 Å². The van der Waals surface area contributed by atoms with Crippen LogP contribution in [-0.2, 0) is 0 Å². The molecule has 0 fully saturated rings. The zero-order chi connectivity index (χ0) is 7.68. The van der Waals surface area contributed by atoms with Gasteiger partial charge in [0.15, 0.2) is 0 Å². The summed E-state index contributed by atoms with van der Waals surface area (Å²) in [5.74, 6) is 0. The standard InChI is InChI=1S/C8H6N2O.ClH/c11-5-6-1-2-7-4-9-10-8(7)3-6;/h1-5H,(H,9,10);1H. The molecule has 0 saturated heterocycles. The summed E-state index contributed by atoms with van der Waals surface area (Å²) < 4.78 is 0. The molecule has 0 spiro atoms. The highest BCUT2D eigenvalue weighted by Crippen LogP contribution is 2.10. The maximum Gasteiger partial charge on any atom is 0.150 e. The molecule has 4 heteroatoms. The molecular weight excluding hydrogens is 176 g/mol. The Hall–Kier alpha value is -1.35. The first-order valence-corrected chi connectivity index (χ1v) is 3.28. The molecular formula is C8H7ClN2O. The average molecular weight is 183 g/mol. The molecule has 0 aliphatic heterocycles. The van der Waals surface area contributed by atoms with Crippen LogP contribution in [0.3, 0.4) is 0 Å². The van der Waals surface area contributed by atoms with Crippen LogP contribution >= 0.6 is 12.4 Å². The van der Waals surface area contributed by atoms with E-state index in [1.54, 1.807) is 18.3 Å². The van der Waals surface area contributed by atoms with E-state index in [9.17, 15) is 4.79 Å². The van der Waals surface area contributed by atoms with Crippen molar-refractivity contribution < 1.29 is 4.79 Å². The minimum absolute atomic E-state index is 0. The highest BCUT2D eigenvalue weighted by Gasteiger charge is 1.95. The Balaban J connectivity index is 0.000000720. The van der Waals surface area contributed by atoms with E-state index in [1.807, 2.05) is 6.07 Å². The molecule has 1 heterocycles. The molecule has 12 heavy (non-hydrogen) atoms. The molecule has 0 unspecified atom stereocenters. The van der Waals surface area contributed by atoms with Crippen molar-refractivity contribution >= 4 is 29.6 Å². The van der Waals surface area contributed by atoms with Gasteiger partial charge in [0.1, 0.15) is 6.29 Å². The average Bonchev–Trinajstić information content (AvgIpc) is 2.50. The van der Waals surface area contributed by atoms with Gasteiger partial charge in [0, 0.05) is 10.9 Å². The second-order valence-corrected chi connectivity index (χ2v) is 2.33. The normalized spacial score (nSPS) is 9.33. The van der Waals surface area contributed by atoms with Crippen LogP contribution in [0.2, 0.25) is 0 Å². The lowest BCUT2D eigenvalue weighted by molar-refractivity contribution is 0.112. The van der Waals surface area contributed by atoms with Crippen LogP contribution in [-0.4, -0.2) is 16.5 Å². The molecule has 0 aliphatic rings. The maximum absolute atomic E-state index is 10.3. The summed E-state index contributed by atoms with van der Waals surface area (Å²) in [5, 5.41) is 7.64. The Kier molecular flexibility index (Phi) is 2.45. The molecule has 1 aromatic heterocycles. The molecule has 0 atom stereocenters. The molecule has 0 saturated carbocycles. The number of aromatic amines is 1. The van der Waals surface area contributed by atoms with Gasteiger partial charge in [-0.15, -0.1) is 12.4 Å². The summed E-state index contributed by atoms with van der Waals surface area (Å²) >= 11 is 0. The number of aromatic nitrogens is 2. The van der Waals surface area contributed by atoms with Gasteiger partial charge >= 0.3 is 0 Å². The lowest BCUT2D eigenvalue weighted by Crippen LogP contribution is -1.77. The third-order valence-electron chi connectivity index (χ3n) is 1.60. The van der Waals surface area contributed by atoms with Crippen molar-refractivity contribution in [3.8, 4) is 0 Å². The van der Waals surface area contributed by atoms with Crippen LogP contribution in [0, 0.1) is 0 Å². The minimum Gasteiger partial charge on any atom is -0.298 e. The third-order valence-corrected chi connectivity index (χ3v) is 1.60. The zero-order valence-corrected chi connectivity index (χ0v) is 6.97. The van der Waals surface area contributed by atoms with E-state index in [1.165, 1.54) is 0 Å². The summed E-state index contributed by atoms with van der Waals surface area (Å²) in [7, 11) is 0. The van der Waals surface area contributed by atoms with E-state index in [4.69, 9.17) is 0 Å². The Morgan fingerprint density at radius 3 is 3.00 bits per heavy atom. The van der Waals surface area contributed by atoms with Crippen LogP contribution in [0.1, 0.15) is 10.4 Å². The van der Waals surface area contributed by atoms with Crippen LogP contribution in [0.25, 0.3) is 10.9 Å². The molecule has 2 aromatic rings. The Morgan fingerprint density at radius 2 is 2.25 bits per heavy atom. The molecule has 1 N–H and O–H groups in total. The van der Waals surface area contributed by atoms with Crippen molar-refractivity contribution in [1.82, 2.24) is 10.2 Å². The molecule has 0 aliphatic carbocycles. The van der Waals surface area contributed by atoms with Crippen molar-refractivity contribution in [3.63, 3.8) is 0 Å². The Bertz CT molecular complexity index is 397. The van der Waals surface area contributed by atoms with Gasteiger partial charge in [-0.2, -0.15) is 5.10 Å². The number of hydrogen-bond donors (Lipinski definition) is 1. The summed E-state index contributed by atoms with van der Waals surface area (Å²) in [6.45, 7) is 0. The van der Waals surface area contributed by atoms with Crippen molar-refractivity contribution in [1.29, 1.82) is 0 Å². The number of rotatable bonds is 1. The van der Waals surface area contributed by atoms with Crippen LogP contribution in [0.4, 0.5) is 0 Å². The number of fused-ring (bicyclic) bond motifs is 1. The number of nitrogens with one attached hydrogen (secondary N) is 1. The van der Waals surface area contributed by atoms with E-state index >= 15 is 0 Å². The molecule has 3 nitrogen and oxygen atoms in total. The van der Waals surface area contributed by atoms with E-state index in [0.29, 0.717) is 5.56 Å². The summed E-state index contributed by atoms with van der Waals surface area (Å²) in [6.07, 6.45) is 2.55. The summed E-state index contributed by atoms with van der Waals surface area (Å²) in [4.78, 5) is 10.3. The fourth-order valence-corrected chi connectivity index (χ4v) is 1.03. The molecule has 0 radical (unpaired) electrons. The van der Waals surface area contributed by atoms with Crippen LogP contribution in [0.5, 0.6) is 0 Å². The third kappa shape index (κ3) is 1.31. The Morgan fingerprint density at radius 1 is 1.42 bits per heavy atom. The lowest BCUT2D eigenvalue weighted by atomic mass is 10.2. The molecule has 2 rings (SSSR count). The number of aldehydes is 1. The number of H-pyrrole nitrogens is 1. The van der Waals surface area contributed by atoms with Gasteiger partial charge in [0.2, 0.25) is 0 Å². The summed E-state index contributed by atoms with van der Waals surface area (Å²) in [5.41, 5.74) is 1.57. The second-order valence-electron chi connectivity index (χ2n) is 2.33. The van der Waals surface area contributed by atoms with Gasteiger partial charge < -0.3 is 0 Å². The predicted molar refractivity (Wildman–Crippen MR) is 48.7 cm³/mol. The number of benzene rings is 1. The van der Waals surface area contributed by atoms with E-state index < -0.39 is 0 Å². The number of carbonyl (C=O) groups excluding carboxylic acids is 1. The van der Waals surface area contributed by atoms with Gasteiger partial charge in [0.25, 0.3) is 0 Å². The fraction of sp³-hybridized carbons (Fsp3) is 0. The number of carbonyl (C=O) groups is 1. The van der Waals surface area contributed by atoms with Crippen LogP contribution in [0.15, 0.2) is 24.4 Å². The van der Waals surface area contributed by atoms with Gasteiger partial charge in [-0.05, 0) is 6.07 Å². The number of halogens is 1. The first-order valence-electron chi connectivity index (χ1n) is 3.28. The molecule has 0 amide bonds. The van der Waals surface area contributed by atoms with Gasteiger partial charge in [-0.1, -0.05) is 12.1 Å². The topological polar surface area (TPSA) is 45.8 Å². The number of nitrogens with zero attached hydrogens (tertiary/aromatic N) is 1. The molecule has 1 aromatic carbocycles. The molecule has 0 bridgehead atoms. The highest BCUT2D eigenvalue weighted by atomic mass is 35.5. The fourth-order valence-electron chi connectivity index (χ4n) is 1.03. The number of hydrogen-bond acceptors (Lipinski definition) is 2. The van der Waals surface area contributed by atoms with Crippen molar-refractivity contribution in [2.45, 2.75) is 0 Å². The van der Waals surface area contributed by atoms with E-state index in [-0.39, 0.29) is 12.4 Å². The second kappa shape index (κ2) is 3.36. The van der Waals surface area contributed by atoms with Crippen LogP contribution < -0.4 is 0 Å². The van der Waals surface area contributed by atoms with Crippen molar-refractivity contribution in [2.75, 3.05) is 0 Å². The molecule has 62 valence electrons. The monoisotopic (exact) mass is 182 g/mol. The van der Waals surface area contributed by atoms with Gasteiger partial charge in [-0.3, -0.25) is 9.89 Å². The summed E-state index contributed by atoms with van der Waals surface area (Å²) in [6, 6.07) is 5.41. The first kappa shape index (κ1) is 8.74. The van der Waals surface area contributed by atoms with E-state index in [2.05, 4.69) is 10.2 Å². The Labute approximate surface area is 75.2 Å². The van der Waals surface area contributed by atoms with Crippen molar-refractivity contribution in [2.24, 2.45) is 0 Å². The SMILES string of the molecule is Cl.O=Cc1ccc2cn[nH]c2c1. The zero-order valence-electron chi connectivity index (χ0n) is 6.15. The van der Waals surface area contributed by atoms with Gasteiger partial charge in [-0.25, -0.2) is 0 Å². The first-order chi connectivity index (χ1) is 5.40. The van der Waals surface area contributed by atoms with Crippen molar-refractivity contribution in [3.05, 3.63) is 30.0 Å². The highest BCUT2D eigenvalue weighted by molar-refractivity contribution is 5.86. The maximum atomic E-state index is 10.3. The largest absolute Gasteiger partial charge is 0.298 e. The minimum atomic E-state index is 0. The predicted octanol–water partition coefficient (Wildman–Crippen LogP) is 1.80.